The lowest BCUT2D eigenvalue weighted by Crippen LogP contribution is -2.52. The molecule has 0 bridgehead atoms. The molecule has 118 valence electrons. The van der Waals surface area contributed by atoms with Crippen molar-refractivity contribution in [2.75, 3.05) is 12.9 Å². The highest BCUT2D eigenvalue weighted by molar-refractivity contribution is 7.99. The zero-order chi connectivity index (χ0) is 15.7. The van der Waals surface area contributed by atoms with Gasteiger partial charge in [0.2, 0.25) is 0 Å². The van der Waals surface area contributed by atoms with E-state index in [1.54, 1.807) is 0 Å². The van der Waals surface area contributed by atoms with Gasteiger partial charge in [0.15, 0.2) is 0 Å². The normalized spacial score (nSPS) is 14.0. The zero-order valence-electron chi connectivity index (χ0n) is 13.5. The fourth-order valence-electron chi connectivity index (χ4n) is 2.38. The maximum Gasteiger partial charge on any atom is 0.325 e. The van der Waals surface area contributed by atoms with Crippen LogP contribution >= 0.6 is 11.8 Å². The van der Waals surface area contributed by atoms with E-state index in [1.807, 2.05) is 38.6 Å². The van der Waals surface area contributed by atoms with Crippen LogP contribution in [-0.4, -0.2) is 30.4 Å². The van der Waals surface area contributed by atoms with Crippen molar-refractivity contribution in [1.29, 1.82) is 0 Å². The lowest BCUT2D eigenvalue weighted by atomic mass is 9.94. The first kappa shape index (κ1) is 18.1. The van der Waals surface area contributed by atoms with E-state index in [1.165, 1.54) is 12.0 Å². The molecular weight excluding hydrogens is 282 g/mol. The van der Waals surface area contributed by atoms with E-state index in [0.717, 1.165) is 25.0 Å². The van der Waals surface area contributed by atoms with Gasteiger partial charge in [0.1, 0.15) is 5.54 Å². The Morgan fingerprint density at radius 3 is 2.52 bits per heavy atom. The molecule has 21 heavy (non-hydrogen) atoms. The standard InChI is InChI=1S/C17H27NO2S/c1-14(2)18-17(3,16(19)20-4)12-8-9-13-21-15-10-6-5-7-11-15/h5-7,10-11,14,18H,8-9,12-13H2,1-4H3. The van der Waals surface area contributed by atoms with Gasteiger partial charge >= 0.3 is 5.97 Å². The maximum absolute atomic E-state index is 12.0. The molecule has 0 aromatic heterocycles. The van der Waals surface area contributed by atoms with E-state index in [4.69, 9.17) is 4.74 Å². The topological polar surface area (TPSA) is 38.3 Å². The molecule has 0 radical (unpaired) electrons. The number of thioether (sulfide) groups is 1. The second-order valence-corrected chi connectivity index (χ2v) is 6.91. The number of nitrogens with one attached hydrogen (secondary N) is 1. The molecule has 0 fully saturated rings. The van der Waals surface area contributed by atoms with Crippen molar-refractivity contribution in [2.45, 2.75) is 56.5 Å². The van der Waals surface area contributed by atoms with E-state index >= 15 is 0 Å². The van der Waals surface area contributed by atoms with Crippen LogP contribution in [0.4, 0.5) is 0 Å². The second kappa shape index (κ2) is 9.11. The first-order valence-electron chi connectivity index (χ1n) is 7.52. The third kappa shape index (κ3) is 6.53. The molecule has 1 aromatic carbocycles. The van der Waals surface area contributed by atoms with Crippen LogP contribution in [0.3, 0.4) is 0 Å². The molecule has 4 heteroatoms. The Hall–Kier alpha value is -1.00. The summed E-state index contributed by atoms with van der Waals surface area (Å²) in [4.78, 5) is 13.3. The molecule has 0 heterocycles. The number of hydrogen-bond acceptors (Lipinski definition) is 4. The lowest BCUT2D eigenvalue weighted by Gasteiger charge is -2.30. The summed E-state index contributed by atoms with van der Waals surface area (Å²) in [6.45, 7) is 6.03. The minimum atomic E-state index is -0.583. The number of esters is 1. The van der Waals surface area contributed by atoms with Crippen molar-refractivity contribution >= 4 is 17.7 Å². The summed E-state index contributed by atoms with van der Waals surface area (Å²) in [6.07, 6.45) is 2.89. The molecule has 0 saturated heterocycles. The number of carbonyl (C=O) groups is 1. The van der Waals surface area contributed by atoms with Crippen LogP contribution in [0.1, 0.15) is 40.0 Å². The molecule has 1 N–H and O–H groups in total. The second-order valence-electron chi connectivity index (χ2n) is 5.74. The molecular formula is C17H27NO2S. The summed E-state index contributed by atoms with van der Waals surface area (Å²) < 4.78 is 4.94. The third-order valence-electron chi connectivity index (χ3n) is 3.33. The highest BCUT2D eigenvalue weighted by Crippen LogP contribution is 2.21. The van der Waals surface area contributed by atoms with Crippen molar-refractivity contribution < 1.29 is 9.53 Å². The molecule has 1 atom stereocenters. The molecule has 0 spiro atoms. The predicted octanol–water partition coefficient (Wildman–Crippen LogP) is 3.88. The summed E-state index contributed by atoms with van der Waals surface area (Å²) in [5.74, 6) is 0.898. The van der Waals surface area contributed by atoms with Crippen LogP contribution in [0.5, 0.6) is 0 Å². The van der Waals surface area contributed by atoms with Gasteiger partial charge in [-0.05, 0) is 51.5 Å². The summed E-state index contributed by atoms with van der Waals surface area (Å²) in [5, 5.41) is 3.33. The number of ether oxygens (including phenoxy) is 1. The summed E-state index contributed by atoms with van der Waals surface area (Å²) in [5.41, 5.74) is -0.583. The van der Waals surface area contributed by atoms with Crippen LogP contribution < -0.4 is 5.32 Å². The molecule has 1 aromatic rings. The summed E-state index contributed by atoms with van der Waals surface area (Å²) in [7, 11) is 1.45. The van der Waals surface area contributed by atoms with Crippen LogP contribution in [-0.2, 0) is 9.53 Å². The van der Waals surface area contributed by atoms with Gasteiger partial charge in [-0.3, -0.25) is 10.1 Å². The van der Waals surface area contributed by atoms with Gasteiger partial charge in [0, 0.05) is 10.9 Å². The lowest BCUT2D eigenvalue weighted by molar-refractivity contribution is -0.148. The van der Waals surface area contributed by atoms with E-state index in [2.05, 4.69) is 29.6 Å². The highest BCUT2D eigenvalue weighted by Gasteiger charge is 2.33. The Bertz CT molecular complexity index is 422. The average molecular weight is 309 g/mol. The van der Waals surface area contributed by atoms with Gasteiger partial charge in [-0.25, -0.2) is 0 Å². The number of methoxy groups -OCH3 is 1. The number of rotatable bonds is 9. The third-order valence-corrected chi connectivity index (χ3v) is 4.42. The molecule has 0 amide bonds. The largest absolute Gasteiger partial charge is 0.468 e. The van der Waals surface area contributed by atoms with Crippen molar-refractivity contribution in [1.82, 2.24) is 5.32 Å². The van der Waals surface area contributed by atoms with E-state index in [9.17, 15) is 4.79 Å². The maximum atomic E-state index is 12.0. The van der Waals surface area contributed by atoms with Crippen molar-refractivity contribution in [2.24, 2.45) is 0 Å². The van der Waals surface area contributed by atoms with Gasteiger partial charge in [0.05, 0.1) is 7.11 Å². The minimum absolute atomic E-state index is 0.174. The monoisotopic (exact) mass is 309 g/mol. The number of carbonyl (C=O) groups excluding carboxylic acids is 1. The van der Waals surface area contributed by atoms with E-state index in [-0.39, 0.29) is 12.0 Å². The first-order chi connectivity index (χ1) is 9.98. The van der Waals surface area contributed by atoms with E-state index in [0.29, 0.717) is 0 Å². The first-order valence-corrected chi connectivity index (χ1v) is 8.50. The van der Waals surface area contributed by atoms with Crippen LogP contribution in [0, 0.1) is 0 Å². The van der Waals surface area contributed by atoms with Gasteiger partial charge in [0.25, 0.3) is 0 Å². The van der Waals surface area contributed by atoms with Gasteiger partial charge in [-0.2, -0.15) is 0 Å². The van der Waals surface area contributed by atoms with Gasteiger partial charge in [-0.1, -0.05) is 24.6 Å². The smallest absolute Gasteiger partial charge is 0.325 e. The Morgan fingerprint density at radius 2 is 1.95 bits per heavy atom. The molecule has 1 rings (SSSR count). The van der Waals surface area contributed by atoms with E-state index < -0.39 is 5.54 Å². The van der Waals surface area contributed by atoms with Gasteiger partial charge in [-0.15, -0.1) is 11.8 Å². The minimum Gasteiger partial charge on any atom is -0.468 e. The molecule has 0 saturated carbocycles. The van der Waals surface area contributed by atoms with Crippen molar-refractivity contribution in [3.63, 3.8) is 0 Å². The number of unbranched alkanes of at least 4 members (excludes halogenated alkanes) is 1. The predicted molar refractivity (Wildman–Crippen MR) is 89.7 cm³/mol. The summed E-state index contributed by atoms with van der Waals surface area (Å²) >= 11 is 1.86. The Labute approximate surface area is 132 Å². The van der Waals surface area contributed by atoms with Crippen molar-refractivity contribution in [3.05, 3.63) is 30.3 Å². The zero-order valence-corrected chi connectivity index (χ0v) is 14.3. The average Bonchev–Trinajstić information content (AvgIpc) is 2.46. The fourth-order valence-corrected chi connectivity index (χ4v) is 3.32. The molecule has 0 aliphatic heterocycles. The summed E-state index contributed by atoms with van der Waals surface area (Å²) in [6, 6.07) is 10.7. The van der Waals surface area contributed by atoms with Gasteiger partial charge < -0.3 is 4.74 Å². The molecule has 0 aliphatic rings. The fraction of sp³-hybridized carbons (Fsp3) is 0.588. The SMILES string of the molecule is COC(=O)C(C)(CCCCSc1ccccc1)NC(C)C. The van der Waals surface area contributed by atoms with Crippen LogP contribution in [0.15, 0.2) is 35.2 Å². The Morgan fingerprint density at radius 1 is 1.29 bits per heavy atom. The number of hydrogen-bond donors (Lipinski definition) is 1. The quantitative estimate of drug-likeness (QED) is 0.427. The van der Waals surface area contributed by atoms with Crippen LogP contribution in [0.2, 0.25) is 0 Å². The van der Waals surface area contributed by atoms with Crippen LogP contribution in [0.25, 0.3) is 0 Å². The Balaban J connectivity index is 2.35. The van der Waals surface area contributed by atoms with Crippen molar-refractivity contribution in [3.8, 4) is 0 Å². The Kier molecular flexibility index (Phi) is 7.83. The number of benzene rings is 1. The molecule has 3 nitrogen and oxygen atoms in total. The highest BCUT2D eigenvalue weighted by atomic mass is 32.2. The molecule has 0 aliphatic carbocycles. The molecule has 1 unspecified atom stereocenters.